The minimum atomic E-state index is -0.363. The van der Waals surface area contributed by atoms with E-state index in [9.17, 15) is 9.59 Å². The van der Waals surface area contributed by atoms with E-state index in [1.807, 2.05) is 36.4 Å². The zero-order chi connectivity index (χ0) is 35.9. The van der Waals surface area contributed by atoms with Crippen molar-refractivity contribution < 1.29 is 8.83 Å². The van der Waals surface area contributed by atoms with Crippen LogP contribution in [0.1, 0.15) is 78.4 Å². The molecule has 0 fully saturated rings. The van der Waals surface area contributed by atoms with E-state index in [1.165, 1.54) is 0 Å². The second-order valence-electron chi connectivity index (χ2n) is 14.5. The summed E-state index contributed by atoms with van der Waals surface area (Å²) in [6, 6.07) is 28.8. The van der Waals surface area contributed by atoms with Gasteiger partial charge in [-0.3, -0.25) is 0 Å². The maximum atomic E-state index is 13.5. The highest BCUT2D eigenvalue weighted by atomic mass is 16.4. The van der Waals surface area contributed by atoms with Gasteiger partial charge in [0.25, 0.3) is 0 Å². The maximum absolute atomic E-state index is 13.5. The van der Waals surface area contributed by atoms with E-state index in [1.54, 1.807) is 0 Å². The Kier molecular flexibility index (Phi) is 9.36. The normalized spacial score (nSPS) is 13.1. The molecule has 262 valence electrons. The molecule has 2 heterocycles. The number of anilines is 2. The van der Waals surface area contributed by atoms with Crippen molar-refractivity contribution in [2.24, 2.45) is 0 Å². The van der Waals surface area contributed by atoms with Crippen LogP contribution in [0.2, 0.25) is 0 Å². The van der Waals surface area contributed by atoms with Crippen LogP contribution in [0.25, 0.3) is 55.3 Å². The molecule has 0 amide bonds. The van der Waals surface area contributed by atoms with Crippen LogP contribution < -0.4 is 21.1 Å². The molecule has 1 aliphatic carbocycles. The molecule has 0 bridgehead atoms. The largest absolute Gasteiger partial charge is 0.422 e. The van der Waals surface area contributed by atoms with Gasteiger partial charge in [0, 0.05) is 65.9 Å². The Morgan fingerprint density at radius 2 is 0.882 bits per heavy atom. The van der Waals surface area contributed by atoms with Gasteiger partial charge in [-0.1, -0.05) is 65.8 Å². The summed E-state index contributed by atoms with van der Waals surface area (Å²) in [4.78, 5) is 31.6. The Balaban J connectivity index is 1.22. The minimum Gasteiger partial charge on any atom is -0.422 e. The van der Waals surface area contributed by atoms with E-state index >= 15 is 0 Å². The summed E-state index contributed by atoms with van der Waals surface area (Å²) in [6.45, 7) is 17.0. The summed E-state index contributed by atoms with van der Waals surface area (Å²) in [7, 11) is 0. The molecule has 1 aliphatic rings. The van der Waals surface area contributed by atoms with Crippen LogP contribution >= 0.6 is 0 Å². The van der Waals surface area contributed by atoms with Gasteiger partial charge in [-0.25, -0.2) is 9.59 Å². The predicted octanol–water partition coefficient (Wildman–Crippen LogP) is 10.8. The molecule has 51 heavy (non-hydrogen) atoms. The van der Waals surface area contributed by atoms with Crippen LogP contribution in [0.3, 0.4) is 0 Å². The number of nitrogens with zero attached hydrogens (tertiary/aromatic N) is 2. The summed E-state index contributed by atoms with van der Waals surface area (Å²) in [5.41, 5.74) is 9.63. The van der Waals surface area contributed by atoms with Crippen molar-refractivity contribution in [1.29, 1.82) is 0 Å². The highest BCUT2D eigenvalue weighted by Crippen LogP contribution is 2.50. The van der Waals surface area contributed by atoms with Crippen LogP contribution in [-0.4, -0.2) is 26.2 Å². The highest BCUT2D eigenvalue weighted by molar-refractivity contribution is 5.89. The molecule has 4 aromatic carbocycles. The Morgan fingerprint density at radius 3 is 1.25 bits per heavy atom. The molecule has 0 aliphatic heterocycles. The fraction of sp³-hybridized carbons (Fsp3) is 0.333. The lowest BCUT2D eigenvalue weighted by Crippen LogP contribution is -2.24. The highest BCUT2D eigenvalue weighted by Gasteiger charge is 2.36. The lowest BCUT2D eigenvalue weighted by atomic mass is 9.81. The topological polar surface area (TPSA) is 66.9 Å². The van der Waals surface area contributed by atoms with Gasteiger partial charge in [0.2, 0.25) is 0 Å². The second-order valence-corrected chi connectivity index (χ2v) is 14.5. The van der Waals surface area contributed by atoms with Crippen molar-refractivity contribution in [3.05, 3.63) is 117 Å². The average molecular weight is 681 g/mol. The molecular weight excluding hydrogens is 633 g/mol. The van der Waals surface area contributed by atoms with Gasteiger partial charge in [-0.2, -0.15) is 0 Å². The first kappa shape index (κ1) is 34.4. The molecule has 0 saturated heterocycles. The molecule has 0 unspecified atom stereocenters. The van der Waals surface area contributed by atoms with Gasteiger partial charge in [0.15, 0.2) is 0 Å². The molecule has 0 saturated carbocycles. The SMILES string of the molecule is CCCN(CCC)c1ccc2cc(-c3ccc4c(c3)C(C)(C)c3cc(-c5cc6ccc(N(CCC)CCC)cc6oc5=O)ccc3-4)c(=O)oc2c1. The predicted molar refractivity (Wildman–Crippen MR) is 213 cm³/mol. The minimum absolute atomic E-state index is 0.341. The van der Waals surface area contributed by atoms with Gasteiger partial charge in [0.05, 0.1) is 11.1 Å². The number of fused-ring (bicyclic) bond motifs is 5. The Hall–Kier alpha value is -5.10. The number of hydrogen-bond donors (Lipinski definition) is 0. The summed E-state index contributed by atoms with van der Waals surface area (Å²) in [5.74, 6) is 0. The lowest BCUT2D eigenvalue weighted by Gasteiger charge is -2.24. The van der Waals surface area contributed by atoms with Crippen LogP contribution in [0.15, 0.2) is 103 Å². The summed E-state index contributed by atoms with van der Waals surface area (Å²) >= 11 is 0. The van der Waals surface area contributed by atoms with Gasteiger partial charge >= 0.3 is 11.3 Å². The molecule has 6 heteroatoms. The third-order valence-electron chi connectivity index (χ3n) is 10.4. The average Bonchev–Trinajstić information content (AvgIpc) is 3.35. The first-order valence-corrected chi connectivity index (χ1v) is 18.6. The van der Waals surface area contributed by atoms with E-state index in [2.05, 4.69) is 99.9 Å². The smallest absolute Gasteiger partial charge is 0.344 e. The zero-order valence-corrected chi connectivity index (χ0v) is 30.8. The van der Waals surface area contributed by atoms with Gasteiger partial charge in [0.1, 0.15) is 11.2 Å². The molecule has 0 atom stereocenters. The summed E-state index contributed by atoms with van der Waals surface area (Å²) in [5, 5.41) is 1.80. The molecule has 6 aromatic rings. The van der Waals surface area contributed by atoms with E-state index in [0.29, 0.717) is 22.3 Å². The van der Waals surface area contributed by atoms with Crippen molar-refractivity contribution >= 4 is 33.3 Å². The van der Waals surface area contributed by atoms with Gasteiger partial charge < -0.3 is 18.6 Å². The molecule has 0 radical (unpaired) electrons. The van der Waals surface area contributed by atoms with Crippen molar-refractivity contribution in [1.82, 2.24) is 0 Å². The first-order chi connectivity index (χ1) is 24.7. The van der Waals surface area contributed by atoms with Gasteiger partial charge in [-0.15, -0.1) is 0 Å². The second kappa shape index (κ2) is 13.9. The van der Waals surface area contributed by atoms with Crippen molar-refractivity contribution in [3.63, 3.8) is 0 Å². The lowest BCUT2D eigenvalue weighted by molar-refractivity contribution is 0.563. The van der Waals surface area contributed by atoms with Crippen LogP contribution in [0.4, 0.5) is 11.4 Å². The fourth-order valence-electron chi connectivity index (χ4n) is 7.89. The maximum Gasteiger partial charge on any atom is 0.344 e. The third kappa shape index (κ3) is 6.26. The van der Waals surface area contributed by atoms with Crippen LogP contribution in [0.5, 0.6) is 0 Å². The molecular formula is C45H48N2O4. The van der Waals surface area contributed by atoms with Crippen molar-refractivity contribution in [2.75, 3.05) is 36.0 Å². The van der Waals surface area contributed by atoms with Crippen LogP contribution in [-0.2, 0) is 5.41 Å². The Morgan fingerprint density at radius 1 is 0.490 bits per heavy atom. The van der Waals surface area contributed by atoms with Crippen LogP contribution in [0, 0.1) is 0 Å². The molecule has 0 spiro atoms. The quantitative estimate of drug-likeness (QED) is 0.120. The number of benzene rings is 4. The Bertz CT molecular complexity index is 2190. The van der Waals surface area contributed by atoms with Crippen molar-refractivity contribution in [2.45, 2.75) is 72.6 Å². The van der Waals surface area contributed by atoms with Crippen molar-refractivity contribution in [3.8, 4) is 33.4 Å². The fourth-order valence-corrected chi connectivity index (χ4v) is 7.89. The molecule has 7 rings (SSSR count). The summed E-state index contributed by atoms with van der Waals surface area (Å²) in [6.07, 6.45) is 4.21. The third-order valence-corrected chi connectivity index (χ3v) is 10.4. The van der Waals surface area contributed by atoms with E-state index in [-0.39, 0.29) is 16.7 Å². The number of hydrogen-bond acceptors (Lipinski definition) is 6. The Labute approximate surface area is 300 Å². The molecule has 2 aromatic heterocycles. The van der Waals surface area contributed by atoms with E-state index in [0.717, 1.165) is 107 Å². The summed E-state index contributed by atoms with van der Waals surface area (Å²) < 4.78 is 11.9. The molecule has 0 N–H and O–H groups in total. The van der Waals surface area contributed by atoms with Gasteiger partial charge in [-0.05, 0) is 108 Å². The van der Waals surface area contributed by atoms with E-state index < -0.39 is 0 Å². The first-order valence-electron chi connectivity index (χ1n) is 18.6. The van der Waals surface area contributed by atoms with E-state index in [4.69, 9.17) is 8.83 Å². The standard InChI is InChI=1S/C45H48N2O4/c1-7-19-46(20-8-2)33-15-11-31-23-37(43(48)50-41(31)27-33)29-13-17-35-36-18-14-30(26-40(36)45(5,6)39(35)25-29)38-24-32-12-16-34(28-42(32)51-44(38)49)47(21-9-3)22-10-4/h11-18,23-28H,7-10,19-22H2,1-6H3. The molecule has 6 nitrogen and oxygen atoms in total. The number of rotatable bonds is 12. The monoisotopic (exact) mass is 680 g/mol. The zero-order valence-electron chi connectivity index (χ0n) is 30.8.